The van der Waals surface area contributed by atoms with Crippen molar-refractivity contribution >= 4 is 38.2 Å². The number of halogens is 1. The number of rotatable bonds is 3. The van der Waals surface area contributed by atoms with Gasteiger partial charge < -0.3 is 61.3 Å². The number of aryl methyl sites for hydroxylation is 1. The van der Waals surface area contributed by atoms with Crippen LogP contribution in [0.25, 0.3) is 32.4 Å². The Morgan fingerprint density at radius 1 is 0.959 bits per heavy atom. The number of hydrogen-bond donors (Lipinski definition) is 4. The lowest BCUT2D eigenvalue weighted by Gasteiger charge is -2.58. The summed E-state index contributed by atoms with van der Waals surface area (Å²) in [6.45, 7) is 3.19. The molecule has 9 rings (SSSR count). The molecule has 2 bridgehead atoms. The molecule has 0 amide bonds. The Labute approximate surface area is 287 Å². The Kier molecular flexibility index (Phi) is 7.84. The van der Waals surface area contributed by atoms with Gasteiger partial charge in [-0.2, -0.15) is 4.57 Å². The van der Waals surface area contributed by atoms with Crippen molar-refractivity contribution in [2.45, 2.75) is 50.0 Å². The SMILES string of the molecule is CC1=C[C@H]2O[C@@H]3[C@H](O)[C@@H](O)[C@@](C)(C34CO4)[C@@]2(CO)[C@H](O)C1=O.COc1cc2c[n+](C)c3c4cc5c(cc4ccc3c2cc1OC)OCO5.[Cl-]. The van der Waals surface area contributed by atoms with Gasteiger partial charge in [-0.25, -0.2) is 0 Å². The summed E-state index contributed by atoms with van der Waals surface area (Å²) in [5.74, 6) is 2.53. The summed E-state index contributed by atoms with van der Waals surface area (Å²) in [5.41, 5.74) is -2.14. The van der Waals surface area contributed by atoms with E-state index in [9.17, 15) is 25.2 Å². The average molecular weight is 696 g/mol. The van der Waals surface area contributed by atoms with E-state index in [1.165, 1.54) is 0 Å². The van der Waals surface area contributed by atoms with Gasteiger partial charge in [-0.3, -0.25) is 4.79 Å². The maximum atomic E-state index is 12.3. The van der Waals surface area contributed by atoms with E-state index >= 15 is 0 Å². The van der Waals surface area contributed by atoms with Crippen LogP contribution < -0.4 is 35.9 Å². The number of methoxy groups -OCH3 is 2. The van der Waals surface area contributed by atoms with Crippen LogP contribution in [0, 0.1) is 10.8 Å². The molecule has 2 aliphatic carbocycles. The van der Waals surface area contributed by atoms with E-state index in [2.05, 4.69) is 36.0 Å². The minimum Gasteiger partial charge on any atom is -1.00 e. The number of Topliss-reactive ketones (excluding diaryl/α,β-unsaturated/α-hetero) is 1. The standard InChI is InChI=1S/C21H18NO4.C15H20O7.ClH/c1-22-10-13-7-17(23-2)18(24-3)8-15(13)14-5-4-12-6-19-20(26-11-25-19)9-16(12)21(14)22;1-6-3-7-14(4-16,11(20)8(6)17)13(2)10(19)9(18)12(22-7)15(13)5-21-15;/h4-10H,11H2,1-3H3;3,7,9-12,16,18-20H,4-5H2,1-2H3;1H/q+1;;/p-1/t;7-,9-,10-,11-,12-,13-,14-,15?;/m.1./s1. The van der Waals surface area contributed by atoms with Crippen molar-refractivity contribution < 1.29 is 70.6 Å². The molecule has 0 radical (unpaired) electrons. The van der Waals surface area contributed by atoms with E-state index in [1.807, 2.05) is 18.2 Å². The number of carbonyl (C=O) groups is 1. The Hall–Kier alpha value is -3.75. The summed E-state index contributed by atoms with van der Waals surface area (Å²) in [4.78, 5) is 12.3. The van der Waals surface area contributed by atoms with E-state index in [4.69, 9.17) is 28.4 Å². The number of fused-ring (bicyclic) bond motifs is 8. The molecule has 260 valence electrons. The number of aliphatic hydroxyl groups excluding tert-OH is 4. The molecular weight excluding hydrogens is 658 g/mol. The van der Waals surface area contributed by atoms with Gasteiger partial charge >= 0.3 is 0 Å². The number of aromatic nitrogens is 1. The number of aliphatic hydroxyl groups is 4. The average Bonchev–Trinajstić information content (AvgIpc) is 3.75. The summed E-state index contributed by atoms with van der Waals surface area (Å²) in [6, 6.07) is 12.4. The van der Waals surface area contributed by atoms with Gasteiger partial charge in [0, 0.05) is 10.8 Å². The van der Waals surface area contributed by atoms with Crippen LogP contribution in [-0.2, 0) is 21.3 Å². The van der Waals surface area contributed by atoms with Gasteiger partial charge in [0.1, 0.15) is 31.0 Å². The maximum absolute atomic E-state index is 12.3. The monoisotopic (exact) mass is 695 g/mol. The first-order valence-electron chi connectivity index (χ1n) is 15.8. The van der Waals surface area contributed by atoms with Crippen molar-refractivity contribution in [3.8, 4) is 23.0 Å². The molecule has 1 unspecified atom stereocenters. The number of pyridine rings is 1. The third-order valence-electron chi connectivity index (χ3n) is 11.6. The minimum atomic E-state index is -1.53. The van der Waals surface area contributed by atoms with Crippen molar-refractivity contribution in [1.29, 1.82) is 0 Å². The predicted molar refractivity (Wildman–Crippen MR) is 171 cm³/mol. The van der Waals surface area contributed by atoms with E-state index in [-0.39, 0.29) is 25.8 Å². The number of hydrogen-bond acceptors (Lipinski definition) is 11. The van der Waals surface area contributed by atoms with Gasteiger partial charge in [-0.15, -0.1) is 0 Å². The second kappa shape index (κ2) is 11.4. The normalized spacial score (nSPS) is 33.5. The molecule has 1 spiro atoms. The fourth-order valence-corrected chi connectivity index (χ4v) is 8.84. The number of ether oxygens (including phenoxy) is 6. The van der Waals surface area contributed by atoms with Crippen LogP contribution in [0.4, 0.5) is 0 Å². The molecule has 3 aromatic carbocycles. The number of ketones is 1. The maximum Gasteiger partial charge on any atom is 0.231 e. The number of epoxide rings is 1. The molecule has 8 atom stereocenters. The van der Waals surface area contributed by atoms with Crippen LogP contribution in [0.15, 0.2) is 54.2 Å². The topological polar surface area (TPSA) is 161 Å². The Balaban J connectivity index is 0.000000153. The highest BCUT2D eigenvalue weighted by atomic mass is 35.5. The molecule has 2 saturated heterocycles. The first kappa shape index (κ1) is 33.7. The van der Waals surface area contributed by atoms with Crippen LogP contribution in [0.3, 0.4) is 0 Å². The molecular formula is C36H38ClNO11. The summed E-state index contributed by atoms with van der Waals surface area (Å²) in [6.07, 6.45) is -1.84. The van der Waals surface area contributed by atoms with Crippen LogP contribution in [0.2, 0.25) is 0 Å². The fraction of sp³-hybridized carbons (Fsp3) is 0.444. The van der Waals surface area contributed by atoms with E-state index in [0.717, 1.165) is 55.4 Å². The quantitative estimate of drug-likeness (QED) is 0.117. The lowest BCUT2D eigenvalue weighted by Crippen LogP contribution is -3.00. The smallest absolute Gasteiger partial charge is 0.231 e. The highest BCUT2D eigenvalue weighted by molar-refractivity contribution is 6.14. The van der Waals surface area contributed by atoms with Gasteiger partial charge in [-0.1, -0.05) is 13.0 Å². The molecule has 5 aliphatic rings. The predicted octanol–water partition coefficient (Wildman–Crippen LogP) is -1.15. The van der Waals surface area contributed by atoms with Gasteiger partial charge in [0.05, 0.1) is 61.2 Å². The zero-order chi connectivity index (χ0) is 33.9. The van der Waals surface area contributed by atoms with Crippen molar-refractivity contribution in [1.82, 2.24) is 0 Å². The minimum absolute atomic E-state index is 0. The zero-order valence-corrected chi connectivity index (χ0v) is 28.4. The third kappa shape index (κ3) is 4.19. The number of nitrogens with zero attached hydrogens (tertiary/aromatic N) is 1. The molecule has 49 heavy (non-hydrogen) atoms. The van der Waals surface area contributed by atoms with Crippen molar-refractivity contribution in [3.63, 3.8) is 0 Å². The Morgan fingerprint density at radius 3 is 2.29 bits per heavy atom. The van der Waals surface area contributed by atoms with Gasteiger partial charge in [0.15, 0.2) is 35.0 Å². The lowest BCUT2D eigenvalue weighted by atomic mass is 9.50. The number of carbonyl (C=O) groups excluding carboxylic acids is 1. The van der Waals surface area contributed by atoms with Crippen molar-refractivity contribution in [2.75, 3.05) is 34.2 Å². The van der Waals surface area contributed by atoms with Gasteiger partial charge in [0.25, 0.3) is 0 Å². The second-order valence-electron chi connectivity index (χ2n) is 13.5. The van der Waals surface area contributed by atoms with Crippen LogP contribution in [0.1, 0.15) is 13.8 Å². The largest absolute Gasteiger partial charge is 1.00 e. The number of benzene rings is 3. The Bertz CT molecular complexity index is 2060. The molecule has 4 N–H and O–H groups in total. The highest BCUT2D eigenvalue weighted by Crippen LogP contribution is 2.70. The summed E-state index contributed by atoms with van der Waals surface area (Å²) in [7, 11) is 5.37. The Morgan fingerprint density at radius 2 is 1.63 bits per heavy atom. The van der Waals surface area contributed by atoms with E-state index in [1.54, 1.807) is 34.1 Å². The summed E-state index contributed by atoms with van der Waals surface area (Å²) < 4.78 is 35.7. The molecule has 3 aliphatic heterocycles. The summed E-state index contributed by atoms with van der Waals surface area (Å²) >= 11 is 0. The van der Waals surface area contributed by atoms with Gasteiger partial charge in [0.2, 0.25) is 12.3 Å². The van der Waals surface area contributed by atoms with Crippen molar-refractivity contribution in [2.24, 2.45) is 17.9 Å². The zero-order valence-electron chi connectivity index (χ0n) is 27.6. The first-order chi connectivity index (χ1) is 23.0. The third-order valence-corrected chi connectivity index (χ3v) is 11.6. The van der Waals surface area contributed by atoms with E-state index in [0.29, 0.717) is 5.57 Å². The first-order valence-corrected chi connectivity index (χ1v) is 15.8. The molecule has 1 aromatic heterocycles. The molecule has 4 heterocycles. The van der Waals surface area contributed by atoms with E-state index < -0.39 is 59.3 Å². The van der Waals surface area contributed by atoms with Crippen LogP contribution in [0.5, 0.6) is 23.0 Å². The lowest BCUT2D eigenvalue weighted by molar-refractivity contribution is -0.642. The highest BCUT2D eigenvalue weighted by Gasteiger charge is 2.86. The van der Waals surface area contributed by atoms with Gasteiger partial charge in [-0.05, 0) is 54.3 Å². The van der Waals surface area contributed by atoms with Crippen LogP contribution in [-0.4, -0.2) is 96.6 Å². The molecule has 3 fully saturated rings. The van der Waals surface area contributed by atoms with Crippen LogP contribution >= 0.6 is 0 Å². The molecule has 12 nitrogen and oxygen atoms in total. The molecule has 1 saturated carbocycles. The fourth-order valence-electron chi connectivity index (χ4n) is 8.84. The molecule has 4 aromatic rings. The molecule has 13 heteroatoms. The summed E-state index contributed by atoms with van der Waals surface area (Å²) in [5, 5.41) is 47.4. The second-order valence-corrected chi connectivity index (χ2v) is 13.5. The van der Waals surface area contributed by atoms with Crippen molar-refractivity contribution in [3.05, 3.63) is 54.2 Å².